The van der Waals surface area contributed by atoms with E-state index in [4.69, 9.17) is 5.84 Å². The summed E-state index contributed by atoms with van der Waals surface area (Å²) in [5.41, 5.74) is 3.05. The van der Waals surface area contributed by atoms with Crippen LogP contribution in [-0.4, -0.2) is 16.3 Å². The molecule has 0 bridgehead atoms. The van der Waals surface area contributed by atoms with Gasteiger partial charge >= 0.3 is 6.36 Å². The third kappa shape index (κ3) is 3.72. The van der Waals surface area contributed by atoms with Crippen molar-refractivity contribution in [2.24, 2.45) is 5.84 Å². The number of hydrogen-bond acceptors (Lipinski definition) is 6. The zero-order valence-electron chi connectivity index (χ0n) is 10.9. The minimum absolute atomic E-state index is 0.125. The number of halogens is 3. The number of hydrogen-bond donors (Lipinski definition) is 3. The van der Waals surface area contributed by atoms with Crippen molar-refractivity contribution in [2.75, 3.05) is 10.7 Å². The summed E-state index contributed by atoms with van der Waals surface area (Å²) in [5.74, 6) is 5.61. The normalized spacial score (nSPS) is 11.1. The van der Waals surface area contributed by atoms with Gasteiger partial charge in [0, 0.05) is 5.56 Å². The van der Waals surface area contributed by atoms with Gasteiger partial charge in [-0.1, -0.05) is 12.1 Å². The van der Waals surface area contributed by atoms with Gasteiger partial charge in [0.25, 0.3) is 0 Å². The lowest BCUT2D eigenvalue weighted by molar-refractivity contribution is -0.274. The van der Waals surface area contributed by atoms with Crippen LogP contribution in [0.4, 0.5) is 30.5 Å². The Hall–Kier alpha value is -2.55. The fraction of sp³-hybridized carbons (Fsp3) is 0.167. The summed E-state index contributed by atoms with van der Waals surface area (Å²) < 4.78 is 41.0. The number of hydrazine groups is 1. The second kappa shape index (κ2) is 5.83. The predicted molar refractivity (Wildman–Crippen MR) is 71.0 cm³/mol. The Balaban J connectivity index is 2.32. The van der Waals surface area contributed by atoms with E-state index in [0.29, 0.717) is 17.2 Å². The molecule has 0 amide bonds. The molecule has 2 rings (SSSR count). The summed E-state index contributed by atoms with van der Waals surface area (Å²) >= 11 is 0. The first-order valence-electron chi connectivity index (χ1n) is 5.80. The van der Waals surface area contributed by atoms with Gasteiger partial charge in [-0.05, 0) is 19.1 Å². The van der Waals surface area contributed by atoms with Crippen molar-refractivity contribution < 1.29 is 17.9 Å². The molecule has 0 spiro atoms. The summed E-state index contributed by atoms with van der Waals surface area (Å²) in [5, 5.41) is 2.77. The lowest BCUT2D eigenvalue weighted by Crippen LogP contribution is -2.18. The summed E-state index contributed by atoms with van der Waals surface area (Å²) in [6, 6.07) is 5.66. The molecule has 0 unspecified atom stereocenters. The number of benzene rings is 1. The summed E-state index contributed by atoms with van der Waals surface area (Å²) in [7, 11) is 0. The fourth-order valence-electron chi connectivity index (χ4n) is 1.63. The van der Waals surface area contributed by atoms with Crippen LogP contribution in [0.5, 0.6) is 5.75 Å². The van der Waals surface area contributed by atoms with E-state index in [1.165, 1.54) is 24.5 Å². The molecular weight excluding hydrogens is 287 g/mol. The fourth-order valence-corrected chi connectivity index (χ4v) is 1.63. The SMILES string of the molecule is Cc1c(NN)ncnc1Nc1ccccc1OC(F)(F)F. The topological polar surface area (TPSA) is 85.1 Å². The smallest absolute Gasteiger partial charge is 0.404 e. The highest BCUT2D eigenvalue weighted by Crippen LogP contribution is 2.32. The third-order valence-electron chi connectivity index (χ3n) is 2.59. The van der Waals surface area contributed by atoms with Gasteiger partial charge in [-0.2, -0.15) is 0 Å². The van der Waals surface area contributed by atoms with Crippen molar-refractivity contribution in [1.82, 2.24) is 9.97 Å². The Morgan fingerprint density at radius 3 is 2.48 bits per heavy atom. The standard InChI is InChI=1S/C12H12F3N5O/c1-7-10(17-6-18-11(7)20-16)19-8-4-2-3-5-9(8)21-12(13,14)15/h2-6H,16H2,1H3,(H2,17,18,19,20). The number of anilines is 3. The van der Waals surface area contributed by atoms with Gasteiger partial charge in [0.15, 0.2) is 5.75 Å². The molecule has 112 valence electrons. The van der Waals surface area contributed by atoms with Gasteiger partial charge < -0.3 is 15.5 Å². The van der Waals surface area contributed by atoms with Crippen molar-refractivity contribution in [3.8, 4) is 5.75 Å². The average Bonchev–Trinajstić information content (AvgIpc) is 2.41. The maximum absolute atomic E-state index is 12.4. The van der Waals surface area contributed by atoms with Crippen molar-refractivity contribution >= 4 is 17.3 Å². The van der Waals surface area contributed by atoms with Gasteiger partial charge in [0.1, 0.15) is 18.0 Å². The van der Waals surface area contributed by atoms with E-state index in [0.717, 1.165) is 0 Å². The van der Waals surface area contributed by atoms with Gasteiger partial charge in [-0.25, -0.2) is 15.8 Å². The first kappa shape index (κ1) is 14.9. The molecule has 4 N–H and O–H groups in total. The quantitative estimate of drug-likeness (QED) is 0.594. The summed E-state index contributed by atoms with van der Waals surface area (Å²) in [6.45, 7) is 1.67. The molecule has 9 heteroatoms. The zero-order chi connectivity index (χ0) is 15.5. The van der Waals surface area contributed by atoms with E-state index in [9.17, 15) is 13.2 Å². The van der Waals surface area contributed by atoms with E-state index in [2.05, 4.69) is 25.4 Å². The Bertz CT molecular complexity index is 633. The van der Waals surface area contributed by atoms with E-state index in [-0.39, 0.29) is 11.4 Å². The van der Waals surface area contributed by atoms with Crippen LogP contribution in [0.25, 0.3) is 0 Å². The second-order valence-electron chi connectivity index (χ2n) is 4.01. The maximum Gasteiger partial charge on any atom is 0.573 e. The van der Waals surface area contributed by atoms with Crippen LogP contribution in [-0.2, 0) is 0 Å². The molecule has 21 heavy (non-hydrogen) atoms. The van der Waals surface area contributed by atoms with Crippen molar-refractivity contribution in [3.63, 3.8) is 0 Å². The first-order valence-corrected chi connectivity index (χ1v) is 5.80. The van der Waals surface area contributed by atoms with E-state index < -0.39 is 6.36 Å². The molecule has 1 aromatic heterocycles. The van der Waals surface area contributed by atoms with E-state index in [1.807, 2.05) is 0 Å². The Kier molecular flexibility index (Phi) is 4.13. The minimum atomic E-state index is -4.78. The van der Waals surface area contributed by atoms with Crippen molar-refractivity contribution in [1.29, 1.82) is 0 Å². The number of nitrogens with two attached hydrogens (primary N) is 1. The van der Waals surface area contributed by atoms with Crippen LogP contribution >= 0.6 is 0 Å². The van der Waals surface area contributed by atoms with Gasteiger partial charge in [-0.15, -0.1) is 13.2 Å². The highest BCUT2D eigenvalue weighted by Gasteiger charge is 2.32. The number of nitrogen functional groups attached to an aromatic ring is 1. The molecule has 0 saturated heterocycles. The molecule has 1 heterocycles. The predicted octanol–water partition coefficient (Wildman–Crippen LogP) is 2.71. The lowest BCUT2D eigenvalue weighted by atomic mass is 10.2. The van der Waals surface area contributed by atoms with Crippen molar-refractivity contribution in [2.45, 2.75) is 13.3 Å². The molecule has 0 saturated carbocycles. The van der Waals surface area contributed by atoms with E-state index >= 15 is 0 Å². The molecule has 0 fully saturated rings. The molecule has 1 aromatic carbocycles. The third-order valence-corrected chi connectivity index (χ3v) is 2.59. The monoisotopic (exact) mass is 299 g/mol. The number of para-hydroxylation sites is 2. The van der Waals surface area contributed by atoms with E-state index in [1.54, 1.807) is 13.0 Å². The average molecular weight is 299 g/mol. The number of ether oxygens (including phenoxy) is 1. The highest BCUT2D eigenvalue weighted by atomic mass is 19.4. The summed E-state index contributed by atoms with van der Waals surface area (Å²) in [4.78, 5) is 7.85. The number of rotatable bonds is 4. The lowest BCUT2D eigenvalue weighted by Gasteiger charge is -2.15. The molecule has 0 aliphatic heterocycles. The van der Waals surface area contributed by atoms with Crippen LogP contribution in [0.3, 0.4) is 0 Å². The second-order valence-corrected chi connectivity index (χ2v) is 4.01. The van der Waals surface area contributed by atoms with Crippen molar-refractivity contribution in [3.05, 3.63) is 36.2 Å². The largest absolute Gasteiger partial charge is 0.573 e. The number of nitrogens with zero attached hydrogens (tertiary/aromatic N) is 2. The minimum Gasteiger partial charge on any atom is -0.404 e. The van der Waals surface area contributed by atoms with Gasteiger partial charge in [0.05, 0.1) is 5.69 Å². The van der Waals surface area contributed by atoms with Crippen LogP contribution in [0.1, 0.15) is 5.56 Å². The number of aromatic nitrogens is 2. The Morgan fingerprint density at radius 2 is 1.81 bits per heavy atom. The molecule has 6 nitrogen and oxygen atoms in total. The van der Waals surface area contributed by atoms with Gasteiger partial charge in [0.2, 0.25) is 0 Å². The molecule has 0 radical (unpaired) electrons. The van der Waals surface area contributed by atoms with Crippen LogP contribution in [0.15, 0.2) is 30.6 Å². The maximum atomic E-state index is 12.4. The zero-order valence-corrected chi connectivity index (χ0v) is 10.9. The highest BCUT2D eigenvalue weighted by molar-refractivity contribution is 5.68. The van der Waals surface area contributed by atoms with Crippen LogP contribution in [0.2, 0.25) is 0 Å². The Morgan fingerprint density at radius 1 is 1.14 bits per heavy atom. The Labute approximate surface area is 118 Å². The van der Waals surface area contributed by atoms with Crippen LogP contribution in [0, 0.1) is 6.92 Å². The molecule has 0 atom stereocenters. The van der Waals surface area contributed by atoms with Crippen LogP contribution < -0.4 is 21.3 Å². The molecule has 0 aliphatic carbocycles. The molecule has 2 aromatic rings. The summed E-state index contributed by atoms with van der Waals surface area (Å²) in [6.07, 6.45) is -3.54. The number of alkyl halides is 3. The first-order chi connectivity index (χ1) is 9.90. The van der Waals surface area contributed by atoms with Gasteiger partial charge in [-0.3, -0.25) is 0 Å². The number of nitrogens with one attached hydrogen (secondary N) is 2. The molecular formula is C12H12F3N5O. The molecule has 0 aliphatic rings.